The molecule has 0 bridgehead atoms. The van der Waals surface area contributed by atoms with Crippen LogP contribution in [0.3, 0.4) is 0 Å². The lowest BCUT2D eigenvalue weighted by Gasteiger charge is -2.39. The third-order valence-corrected chi connectivity index (χ3v) is 6.37. The average Bonchev–Trinajstić information content (AvgIpc) is 3.15. The van der Waals surface area contributed by atoms with Crippen molar-refractivity contribution in [1.29, 1.82) is 0 Å². The number of halogens is 5. The van der Waals surface area contributed by atoms with Gasteiger partial charge in [-0.25, -0.2) is 0 Å². The van der Waals surface area contributed by atoms with Gasteiger partial charge >= 0.3 is 12.3 Å². The van der Waals surface area contributed by atoms with Crippen LogP contribution in [0.2, 0.25) is 0 Å². The standard InChI is InChI=1S/C25H30F5N3O5/c1-3-4-17(9-14(2)13-38-25(28,29)30)24(26,27)23(37)31-11-15-5-6-18-16(10-15)12-33(22(18)36)19-7-8-20(34)32-21(19)35/h1,4-6,9-10,19-23,31-32,34-37H,7-8,11-13H2,2H3/b14-9-,17-4+/t19?,20-,21+,22-,23-/m0/s1. The van der Waals surface area contributed by atoms with Crippen LogP contribution in [-0.4, -0.2) is 68.9 Å². The van der Waals surface area contributed by atoms with E-state index in [2.05, 4.69) is 15.4 Å². The van der Waals surface area contributed by atoms with Gasteiger partial charge in [-0.3, -0.25) is 20.3 Å². The fourth-order valence-electron chi connectivity index (χ4n) is 4.47. The summed E-state index contributed by atoms with van der Waals surface area (Å²) in [4.78, 5) is 1.67. The van der Waals surface area contributed by atoms with Gasteiger partial charge in [0.05, 0.1) is 12.6 Å². The van der Waals surface area contributed by atoms with Crippen molar-refractivity contribution in [2.45, 2.75) is 76.1 Å². The first-order valence-corrected chi connectivity index (χ1v) is 11.7. The van der Waals surface area contributed by atoms with E-state index in [-0.39, 0.29) is 18.7 Å². The fourth-order valence-corrected chi connectivity index (χ4v) is 4.47. The minimum Gasteiger partial charge on any atom is -0.379 e. The first kappa shape index (κ1) is 30.1. The number of rotatable bonds is 9. The summed E-state index contributed by atoms with van der Waals surface area (Å²) in [6.07, 6.45) is -2.95. The van der Waals surface area contributed by atoms with Crippen LogP contribution in [0.1, 0.15) is 42.7 Å². The van der Waals surface area contributed by atoms with Crippen molar-refractivity contribution in [2.24, 2.45) is 0 Å². The molecule has 2 aliphatic rings. The molecule has 2 aliphatic heterocycles. The number of piperidine rings is 1. The van der Waals surface area contributed by atoms with Crippen molar-refractivity contribution in [1.82, 2.24) is 15.5 Å². The van der Waals surface area contributed by atoms with E-state index in [1.54, 1.807) is 23.1 Å². The van der Waals surface area contributed by atoms with E-state index in [1.807, 2.05) is 5.92 Å². The summed E-state index contributed by atoms with van der Waals surface area (Å²) in [5.41, 5.74) is 0.732. The lowest BCUT2D eigenvalue weighted by atomic mass is 10.0. The first-order chi connectivity index (χ1) is 17.7. The highest BCUT2D eigenvalue weighted by Gasteiger charge is 2.42. The third-order valence-electron chi connectivity index (χ3n) is 6.37. The molecule has 38 heavy (non-hydrogen) atoms. The number of hydrogen-bond acceptors (Lipinski definition) is 8. The van der Waals surface area contributed by atoms with Crippen LogP contribution < -0.4 is 10.6 Å². The van der Waals surface area contributed by atoms with Crippen molar-refractivity contribution >= 4 is 0 Å². The average molecular weight is 548 g/mol. The number of benzene rings is 1. The van der Waals surface area contributed by atoms with Gasteiger partial charge < -0.3 is 20.4 Å². The molecule has 1 aromatic carbocycles. The normalized spacial score (nSPS) is 26.2. The maximum Gasteiger partial charge on any atom is 0.522 e. The summed E-state index contributed by atoms with van der Waals surface area (Å²) >= 11 is 0. The molecule has 13 heteroatoms. The molecule has 6 N–H and O–H groups in total. The van der Waals surface area contributed by atoms with E-state index in [4.69, 9.17) is 6.42 Å². The fraction of sp³-hybridized carbons (Fsp3) is 0.520. The van der Waals surface area contributed by atoms with E-state index >= 15 is 0 Å². The van der Waals surface area contributed by atoms with Crippen LogP contribution in [0.15, 0.2) is 41.5 Å². The van der Waals surface area contributed by atoms with Crippen LogP contribution in [0.4, 0.5) is 22.0 Å². The first-order valence-electron chi connectivity index (χ1n) is 11.7. The van der Waals surface area contributed by atoms with Gasteiger partial charge in [0.15, 0.2) is 6.23 Å². The highest BCUT2D eigenvalue weighted by atomic mass is 19.4. The summed E-state index contributed by atoms with van der Waals surface area (Å²) in [7, 11) is 0. The zero-order valence-electron chi connectivity index (χ0n) is 20.4. The number of ether oxygens (including phenoxy) is 1. The number of aliphatic hydroxyl groups excluding tert-OH is 4. The maximum absolute atomic E-state index is 14.9. The molecule has 0 amide bonds. The van der Waals surface area contributed by atoms with Gasteiger partial charge in [-0.1, -0.05) is 30.2 Å². The Kier molecular flexibility index (Phi) is 9.66. The molecule has 5 atom stereocenters. The second-order valence-corrected chi connectivity index (χ2v) is 9.25. The summed E-state index contributed by atoms with van der Waals surface area (Å²) in [5.74, 6) is -2.06. The Bertz CT molecular complexity index is 1090. The van der Waals surface area contributed by atoms with Gasteiger partial charge in [0.25, 0.3) is 0 Å². The van der Waals surface area contributed by atoms with Gasteiger partial charge in [0, 0.05) is 18.7 Å². The predicted molar refractivity (Wildman–Crippen MR) is 126 cm³/mol. The van der Waals surface area contributed by atoms with E-state index in [9.17, 15) is 42.4 Å². The molecule has 0 aliphatic carbocycles. The Labute approximate surface area is 216 Å². The van der Waals surface area contributed by atoms with Crippen LogP contribution in [0, 0.1) is 12.3 Å². The molecular weight excluding hydrogens is 517 g/mol. The molecule has 0 saturated carbocycles. The number of fused-ring (bicyclic) bond motifs is 1. The molecule has 1 unspecified atom stereocenters. The second kappa shape index (κ2) is 12.2. The van der Waals surface area contributed by atoms with Crippen molar-refractivity contribution < 1.29 is 47.1 Å². The van der Waals surface area contributed by atoms with Crippen LogP contribution in [-0.2, 0) is 17.8 Å². The minimum absolute atomic E-state index is 0.190. The number of alkyl halides is 5. The number of aliphatic hydroxyl groups is 4. The van der Waals surface area contributed by atoms with Crippen molar-refractivity contribution in [2.75, 3.05) is 6.61 Å². The van der Waals surface area contributed by atoms with E-state index < -0.39 is 55.4 Å². The summed E-state index contributed by atoms with van der Waals surface area (Å²) in [6.45, 7) is 0.223. The van der Waals surface area contributed by atoms with Crippen molar-refractivity contribution in [3.8, 4) is 12.3 Å². The Hall–Kier alpha value is -2.41. The monoisotopic (exact) mass is 547 g/mol. The van der Waals surface area contributed by atoms with Crippen molar-refractivity contribution in [3.05, 3.63) is 58.2 Å². The van der Waals surface area contributed by atoms with E-state index in [0.29, 0.717) is 35.6 Å². The second-order valence-electron chi connectivity index (χ2n) is 9.25. The molecule has 1 saturated heterocycles. The largest absolute Gasteiger partial charge is 0.522 e. The molecule has 2 heterocycles. The summed E-state index contributed by atoms with van der Waals surface area (Å²) in [6, 6.07) is 4.42. The number of nitrogens with one attached hydrogen (secondary N) is 2. The van der Waals surface area contributed by atoms with Gasteiger partial charge in [-0.05, 0) is 48.1 Å². The Morgan fingerprint density at radius 1 is 1.26 bits per heavy atom. The maximum atomic E-state index is 14.9. The topological polar surface area (TPSA) is 117 Å². The molecule has 0 spiro atoms. The van der Waals surface area contributed by atoms with Crippen LogP contribution >= 0.6 is 0 Å². The molecule has 1 aromatic rings. The number of hydrogen-bond donors (Lipinski definition) is 6. The highest BCUT2D eigenvalue weighted by molar-refractivity contribution is 5.38. The Balaban J connectivity index is 1.66. The smallest absolute Gasteiger partial charge is 0.379 e. The van der Waals surface area contributed by atoms with E-state index in [0.717, 1.165) is 13.0 Å². The van der Waals surface area contributed by atoms with Gasteiger partial charge in [0.1, 0.15) is 18.7 Å². The van der Waals surface area contributed by atoms with Gasteiger partial charge in [0.2, 0.25) is 0 Å². The Morgan fingerprint density at radius 3 is 2.61 bits per heavy atom. The Morgan fingerprint density at radius 2 is 1.97 bits per heavy atom. The predicted octanol–water partition coefficient (Wildman–Crippen LogP) is 1.97. The zero-order valence-corrected chi connectivity index (χ0v) is 20.4. The lowest BCUT2D eigenvalue weighted by molar-refractivity contribution is -0.320. The van der Waals surface area contributed by atoms with Crippen LogP contribution in [0.5, 0.6) is 0 Å². The third kappa shape index (κ3) is 7.37. The lowest BCUT2D eigenvalue weighted by Crippen LogP contribution is -2.56. The molecule has 1 fully saturated rings. The van der Waals surface area contributed by atoms with E-state index in [1.165, 1.54) is 0 Å². The van der Waals surface area contributed by atoms with Gasteiger partial charge in [-0.15, -0.1) is 19.6 Å². The zero-order chi connectivity index (χ0) is 28.3. The minimum atomic E-state index is -4.94. The van der Waals surface area contributed by atoms with Crippen LogP contribution in [0.25, 0.3) is 0 Å². The quantitative estimate of drug-likeness (QED) is 0.120. The van der Waals surface area contributed by atoms with Gasteiger partial charge in [-0.2, -0.15) is 8.78 Å². The molecule has 210 valence electrons. The molecule has 0 aromatic heterocycles. The summed E-state index contributed by atoms with van der Waals surface area (Å²) < 4.78 is 70.2. The summed E-state index contributed by atoms with van der Waals surface area (Å²) in [5, 5.41) is 45.8. The number of nitrogens with zero attached hydrogens (tertiary/aromatic N) is 1. The number of terminal acetylenes is 1. The molecule has 8 nitrogen and oxygen atoms in total. The molecular formula is C25H30F5N3O5. The highest BCUT2D eigenvalue weighted by Crippen LogP contribution is 2.37. The molecule has 0 radical (unpaired) electrons. The number of allylic oxidation sites excluding steroid dienone is 2. The SMILES string of the molecule is C#C/C=C(\C=C(\C)COC(F)(F)F)C(F)(F)[C@H](O)NCc1ccc2c(c1)CN(C1CC[C@H](O)N[C@@H]1O)[C@H]2O. The van der Waals surface area contributed by atoms with Crippen molar-refractivity contribution in [3.63, 3.8) is 0 Å². The molecule has 3 rings (SSSR count).